The van der Waals surface area contributed by atoms with Gasteiger partial charge >= 0.3 is 0 Å². The molecule has 0 radical (unpaired) electrons. The first-order valence-electron chi connectivity index (χ1n) is 4.25. The van der Waals surface area contributed by atoms with E-state index in [1.54, 1.807) is 0 Å². The predicted molar refractivity (Wildman–Crippen MR) is 56.2 cm³/mol. The number of hydrogen-bond acceptors (Lipinski definition) is 3. The van der Waals surface area contributed by atoms with Crippen molar-refractivity contribution >= 4 is 15.9 Å². The van der Waals surface area contributed by atoms with Gasteiger partial charge in [-0.2, -0.15) is 0 Å². The van der Waals surface area contributed by atoms with Crippen molar-refractivity contribution in [1.29, 1.82) is 0 Å². The third kappa shape index (κ3) is 2.52. The maximum absolute atomic E-state index is 13.2. The summed E-state index contributed by atoms with van der Waals surface area (Å²) < 4.78 is 31.5. The van der Waals surface area contributed by atoms with Gasteiger partial charge in [0.25, 0.3) is 0 Å². The molecule has 1 aromatic heterocycles. The molecule has 0 unspecified atom stereocenters. The van der Waals surface area contributed by atoms with Crippen LogP contribution < -0.4 is 4.74 Å². The van der Waals surface area contributed by atoms with Crippen LogP contribution >= 0.6 is 15.9 Å². The van der Waals surface area contributed by atoms with E-state index in [-0.39, 0.29) is 11.6 Å². The molecule has 16 heavy (non-hydrogen) atoms. The second-order valence-electron chi connectivity index (χ2n) is 2.86. The van der Waals surface area contributed by atoms with Crippen molar-refractivity contribution in [2.75, 3.05) is 0 Å². The summed E-state index contributed by atoms with van der Waals surface area (Å²) in [5, 5.41) is 0. The average Bonchev–Trinajstić information content (AvgIpc) is 2.22. The fourth-order valence-corrected chi connectivity index (χ4v) is 1.33. The van der Waals surface area contributed by atoms with Gasteiger partial charge in [0.1, 0.15) is 16.7 Å². The number of hydrogen-bond donors (Lipinski definition) is 0. The molecule has 6 heteroatoms. The summed E-state index contributed by atoms with van der Waals surface area (Å²) in [5.41, 5.74) is 0. The molecule has 0 aliphatic carbocycles. The summed E-state index contributed by atoms with van der Waals surface area (Å²) >= 11 is 3.12. The minimum Gasteiger partial charge on any atom is -0.436 e. The number of benzene rings is 1. The molecule has 0 N–H and O–H groups in total. The normalized spacial score (nSPS) is 10.2. The number of aromatic nitrogens is 2. The van der Waals surface area contributed by atoms with E-state index in [2.05, 4.69) is 25.9 Å². The highest BCUT2D eigenvalue weighted by molar-refractivity contribution is 9.10. The Hall–Kier alpha value is -1.56. The van der Waals surface area contributed by atoms with Gasteiger partial charge in [-0.05, 0) is 28.1 Å². The average molecular weight is 287 g/mol. The molecular formula is C10H5BrF2N2O. The van der Waals surface area contributed by atoms with E-state index in [4.69, 9.17) is 4.74 Å². The first kappa shape index (κ1) is 10.9. The maximum Gasteiger partial charge on any atom is 0.223 e. The summed E-state index contributed by atoms with van der Waals surface area (Å²) in [4.78, 5) is 7.56. The van der Waals surface area contributed by atoms with Crippen LogP contribution in [0.2, 0.25) is 0 Å². The molecule has 1 heterocycles. The Balaban J connectivity index is 2.27. The van der Waals surface area contributed by atoms with E-state index in [9.17, 15) is 8.78 Å². The van der Waals surface area contributed by atoms with Gasteiger partial charge in [-0.15, -0.1) is 0 Å². The lowest BCUT2D eigenvalue weighted by Crippen LogP contribution is -1.92. The van der Waals surface area contributed by atoms with Crippen LogP contribution in [-0.4, -0.2) is 9.97 Å². The van der Waals surface area contributed by atoms with Crippen molar-refractivity contribution in [2.24, 2.45) is 0 Å². The standard InChI is InChI=1S/C10H5BrF2N2O/c11-9-4-10(15-5-14-9)16-8-2-1-6(12)3-7(8)13/h1-5H. The third-order valence-electron chi connectivity index (χ3n) is 1.72. The summed E-state index contributed by atoms with van der Waals surface area (Å²) in [6, 6.07) is 4.52. The van der Waals surface area contributed by atoms with Crippen molar-refractivity contribution in [2.45, 2.75) is 0 Å². The quantitative estimate of drug-likeness (QED) is 0.795. The van der Waals surface area contributed by atoms with E-state index in [0.29, 0.717) is 4.60 Å². The molecule has 2 rings (SSSR count). The van der Waals surface area contributed by atoms with E-state index in [1.807, 2.05) is 0 Å². The Morgan fingerprint density at radius 2 is 1.94 bits per heavy atom. The lowest BCUT2D eigenvalue weighted by molar-refractivity contribution is 0.422. The first-order chi connectivity index (χ1) is 7.65. The van der Waals surface area contributed by atoms with Crippen molar-refractivity contribution < 1.29 is 13.5 Å². The molecule has 0 fully saturated rings. The zero-order valence-corrected chi connectivity index (χ0v) is 9.41. The zero-order chi connectivity index (χ0) is 11.5. The Morgan fingerprint density at radius 1 is 1.12 bits per heavy atom. The monoisotopic (exact) mass is 286 g/mol. The van der Waals surface area contributed by atoms with E-state index >= 15 is 0 Å². The number of ether oxygens (including phenoxy) is 1. The van der Waals surface area contributed by atoms with Crippen LogP contribution in [0.25, 0.3) is 0 Å². The molecule has 0 saturated carbocycles. The predicted octanol–water partition coefficient (Wildman–Crippen LogP) is 3.31. The van der Waals surface area contributed by atoms with E-state index in [1.165, 1.54) is 18.5 Å². The molecule has 2 aromatic rings. The molecule has 0 saturated heterocycles. The van der Waals surface area contributed by atoms with Crippen molar-refractivity contribution in [3.8, 4) is 11.6 Å². The van der Waals surface area contributed by atoms with Gasteiger partial charge in [0.2, 0.25) is 5.88 Å². The van der Waals surface area contributed by atoms with E-state index < -0.39 is 11.6 Å². The Labute approximate surface area is 98.2 Å². The summed E-state index contributed by atoms with van der Waals surface area (Å²) in [6.45, 7) is 0. The SMILES string of the molecule is Fc1ccc(Oc2cc(Br)ncn2)c(F)c1. The van der Waals surface area contributed by atoms with Crippen molar-refractivity contribution in [1.82, 2.24) is 9.97 Å². The van der Waals surface area contributed by atoms with Crippen LogP contribution in [0.4, 0.5) is 8.78 Å². The third-order valence-corrected chi connectivity index (χ3v) is 2.15. The zero-order valence-electron chi connectivity index (χ0n) is 7.82. The second kappa shape index (κ2) is 4.52. The molecule has 0 amide bonds. The molecule has 0 atom stereocenters. The van der Waals surface area contributed by atoms with Crippen LogP contribution in [0.3, 0.4) is 0 Å². The summed E-state index contributed by atoms with van der Waals surface area (Å²) in [6.07, 6.45) is 1.26. The topological polar surface area (TPSA) is 35.0 Å². The highest BCUT2D eigenvalue weighted by atomic mass is 79.9. The molecule has 3 nitrogen and oxygen atoms in total. The highest BCUT2D eigenvalue weighted by Crippen LogP contribution is 2.24. The van der Waals surface area contributed by atoms with Crippen LogP contribution in [-0.2, 0) is 0 Å². The highest BCUT2D eigenvalue weighted by Gasteiger charge is 2.07. The van der Waals surface area contributed by atoms with Crippen molar-refractivity contribution in [3.63, 3.8) is 0 Å². The molecule has 82 valence electrons. The van der Waals surface area contributed by atoms with Gasteiger partial charge in [-0.25, -0.2) is 18.7 Å². The lowest BCUT2D eigenvalue weighted by Gasteiger charge is -2.05. The van der Waals surface area contributed by atoms with Gasteiger partial charge in [-0.3, -0.25) is 0 Å². The van der Waals surface area contributed by atoms with Gasteiger partial charge in [0.15, 0.2) is 11.6 Å². The Bertz CT molecular complexity index is 522. The molecule has 1 aromatic carbocycles. The fourth-order valence-electron chi connectivity index (χ4n) is 1.04. The molecule has 0 spiro atoms. The van der Waals surface area contributed by atoms with E-state index in [0.717, 1.165) is 12.1 Å². The summed E-state index contributed by atoms with van der Waals surface area (Å²) in [5.74, 6) is -1.36. The Kier molecular flexibility index (Phi) is 3.09. The first-order valence-corrected chi connectivity index (χ1v) is 5.05. The van der Waals surface area contributed by atoms with Gasteiger partial charge in [0.05, 0.1) is 0 Å². The molecule has 0 aliphatic heterocycles. The second-order valence-corrected chi connectivity index (χ2v) is 3.67. The molecular weight excluding hydrogens is 282 g/mol. The Morgan fingerprint density at radius 3 is 2.62 bits per heavy atom. The fraction of sp³-hybridized carbons (Fsp3) is 0. The van der Waals surface area contributed by atoms with Gasteiger partial charge in [0, 0.05) is 12.1 Å². The lowest BCUT2D eigenvalue weighted by atomic mass is 10.3. The number of halogens is 3. The van der Waals surface area contributed by atoms with Gasteiger partial charge in [-0.1, -0.05) is 0 Å². The van der Waals surface area contributed by atoms with Crippen LogP contribution in [0, 0.1) is 11.6 Å². The van der Waals surface area contributed by atoms with Crippen LogP contribution in [0.5, 0.6) is 11.6 Å². The molecule has 0 bridgehead atoms. The largest absolute Gasteiger partial charge is 0.436 e. The van der Waals surface area contributed by atoms with Gasteiger partial charge < -0.3 is 4.74 Å². The minimum atomic E-state index is -0.783. The minimum absolute atomic E-state index is 0.0907. The number of nitrogens with zero attached hydrogens (tertiary/aromatic N) is 2. The van der Waals surface area contributed by atoms with Crippen LogP contribution in [0.15, 0.2) is 35.2 Å². The maximum atomic E-state index is 13.2. The van der Waals surface area contributed by atoms with Crippen molar-refractivity contribution in [3.05, 3.63) is 46.8 Å². The molecule has 0 aliphatic rings. The van der Waals surface area contributed by atoms with Crippen LogP contribution in [0.1, 0.15) is 0 Å². The summed E-state index contributed by atoms with van der Waals surface area (Å²) in [7, 11) is 0. The number of rotatable bonds is 2. The smallest absolute Gasteiger partial charge is 0.223 e.